The Hall–Kier alpha value is -1.97. The molecule has 0 amide bonds. The molecule has 0 unspecified atom stereocenters. The molecule has 0 fully saturated rings. The van der Waals surface area contributed by atoms with Crippen LogP contribution in [0.5, 0.6) is 11.5 Å². The largest absolute Gasteiger partial charge is 0.507 e. The van der Waals surface area contributed by atoms with E-state index in [-0.39, 0.29) is 10.8 Å². The van der Waals surface area contributed by atoms with Crippen LogP contribution in [0.4, 0.5) is 0 Å². The number of hydrogen-bond donors (Lipinski definition) is 5. The molecule has 11 nitrogen and oxygen atoms in total. The summed E-state index contributed by atoms with van der Waals surface area (Å²) in [4.78, 5) is -1.37. The van der Waals surface area contributed by atoms with Crippen LogP contribution in [0.1, 0.15) is 0 Å². The Bertz CT molecular complexity index is 1050. The lowest BCUT2D eigenvalue weighted by molar-refractivity contribution is 0.456. The molecule has 140 valence electrons. The summed E-state index contributed by atoms with van der Waals surface area (Å²) >= 11 is 0. The molecule has 0 atom stereocenters. The smallest absolute Gasteiger partial charge is 0.294 e. The SMILES string of the molecule is CS(N)(=O)=O.O=S(=O)(O)c1cc(O)c2c(O)cc(S(=O)(=O)O)cc2c1. The van der Waals surface area contributed by atoms with Gasteiger partial charge in [-0.05, 0) is 17.5 Å². The molecule has 0 saturated heterocycles. The number of rotatable bonds is 2. The zero-order valence-electron chi connectivity index (χ0n) is 12.3. The van der Waals surface area contributed by atoms with E-state index in [2.05, 4.69) is 5.14 Å². The lowest BCUT2D eigenvalue weighted by atomic mass is 10.1. The molecule has 0 heterocycles. The number of fused-ring (bicyclic) bond motifs is 1. The lowest BCUT2D eigenvalue weighted by Crippen LogP contribution is -2.07. The molecular weight excluding hydrogens is 402 g/mol. The van der Waals surface area contributed by atoms with Crippen molar-refractivity contribution in [2.75, 3.05) is 6.26 Å². The normalized spacial score (nSPS) is 12.5. The Morgan fingerprint density at radius 1 is 0.760 bits per heavy atom. The fourth-order valence-electron chi connectivity index (χ4n) is 1.71. The van der Waals surface area contributed by atoms with Crippen LogP contribution >= 0.6 is 0 Å². The fourth-order valence-corrected chi connectivity index (χ4v) is 2.79. The van der Waals surface area contributed by atoms with Crippen molar-refractivity contribution in [3.05, 3.63) is 24.3 Å². The Balaban J connectivity index is 0.000000550. The summed E-state index contributed by atoms with van der Waals surface area (Å²) in [5, 5.41) is 23.2. The quantitative estimate of drug-likeness (QED) is 0.402. The van der Waals surface area contributed by atoms with E-state index in [9.17, 15) is 35.5 Å². The van der Waals surface area contributed by atoms with Crippen LogP contribution in [0.15, 0.2) is 34.1 Å². The Morgan fingerprint density at radius 3 is 1.28 bits per heavy atom. The first-order chi connectivity index (χ1) is 11.0. The van der Waals surface area contributed by atoms with Crippen molar-refractivity contribution in [2.24, 2.45) is 5.14 Å². The maximum absolute atomic E-state index is 11.0. The minimum absolute atomic E-state index is 0.190. The number of hydrogen-bond acceptors (Lipinski definition) is 8. The van der Waals surface area contributed by atoms with Crippen molar-refractivity contribution in [1.29, 1.82) is 0 Å². The van der Waals surface area contributed by atoms with E-state index in [1.54, 1.807) is 0 Å². The van der Waals surface area contributed by atoms with Gasteiger partial charge >= 0.3 is 0 Å². The molecule has 2 aromatic rings. The van der Waals surface area contributed by atoms with Crippen LogP contribution in [-0.4, -0.2) is 50.8 Å². The summed E-state index contributed by atoms with van der Waals surface area (Å²) in [6.45, 7) is 0. The monoisotopic (exact) mass is 415 g/mol. The Labute approximate surface area is 142 Å². The van der Waals surface area contributed by atoms with E-state index < -0.39 is 51.5 Å². The first-order valence-corrected chi connectivity index (χ1v) is 10.8. The van der Waals surface area contributed by atoms with Gasteiger partial charge in [0.25, 0.3) is 20.2 Å². The van der Waals surface area contributed by atoms with Gasteiger partial charge in [-0.1, -0.05) is 0 Å². The fraction of sp³-hybridized carbons (Fsp3) is 0.0909. The molecule has 2 aromatic carbocycles. The van der Waals surface area contributed by atoms with Crippen molar-refractivity contribution in [3.63, 3.8) is 0 Å². The predicted octanol–water partition coefficient (Wildman–Crippen LogP) is -0.351. The number of nitrogens with two attached hydrogens (primary N) is 1. The van der Waals surface area contributed by atoms with Crippen LogP contribution in [0.3, 0.4) is 0 Å². The maximum atomic E-state index is 11.0. The number of sulfonamides is 1. The maximum Gasteiger partial charge on any atom is 0.294 e. The van der Waals surface area contributed by atoms with E-state index in [0.29, 0.717) is 12.1 Å². The summed E-state index contributed by atoms with van der Waals surface area (Å²) in [7, 11) is -12.4. The van der Waals surface area contributed by atoms with Gasteiger partial charge in [-0.15, -0.1) is 0 Å². The molecule has 0 bridgehead atoms. The second-order valence-electron chi connectivity index (χ2n) is 4.76. The molecule has 25 heavy (non-hydrogen) atoms. The zero-order valence-corrected chi connectivity index (χ0v) is 14.8. The molecule has 0 aliphatic rings. The molecule has 0 aromatic heterocycles. The molecule has 14 heteroatoms. The lowest BCUT2D eigenvalue weighted by Gasteiger charge is -2.08. The van der Waals surface area contributed by atoms with Gasteiger partial charge in [-0.2, -0.15) is 16.8 Å². The minimum atomic E-state index is -4.63. The first-order valence-electron chi connectivity index (χ1n) is 5.92. The standard InChI is InChI=1S/C10H8O8S2.CH5NO2S/c11-8-3-6(19(13,14)15)1-5-2-7(20(16,17)18)4-9(12)10(5)8;1-5(2,3)4/h1-4,11-12H,(H,13,14,15)(H,16,17,18);1H3,(H2,2,3,4). The third kappa shape index (κ3) is 6.11. The summed E-state index contributed by atoms with van der Waals surface area (Å²) in [5.74, 6) is -1.34. The number of primary sulfonamides is 1. The van der Waals surface area contributed by atoms with Crippen LogP contribution in [0, 0.1) is 0 Å². The highest BCUT2D eigenvalue weighted by Crippen LogP contribution is 2.37. The molecular formula is C11H13NO10S3. The third-order valence-corrected chi connectivity index (χ3v) is 4.21. The number of aromatic hydroxyl groups is 2. The summed E-state index contributed by atoms with van der Waals surface area (Å²) in [5.41, 5.74) is 0. The highest BCUT2D eigenvalue weighted by Gasteiger charge is 2.19. The van der Waals surface area contributed by atoms with Gasteiger partial charge in [0.1, 0.15) is 11.5 Å². The second-order valence-corrected chi connectivity index (χ2v) is 9.26. The molecule has 0 saturated carbocycles. The van der Waals surface area contributed by atoms with Gasteiger partial charge < -0.3 is 10.2 Å². The number of phenols is 2. The number of phenolic OH excluding ortho intramolecular Hbond substituents is 2. The van der Waals surface area contributed by atoms with Crippen molar-refractivity contribution in [2.45, 2.75) is 9.79 Å². The Kier molecular flexibility index (Phi) is 5.68. The van der Waals surface area contributed by atoms with Gasteiger partial charge in [0.05, 0.1) is 21.4 Å². The minimum Gasteiger partial charge on any atom is -0.507 e. The summed E-state index contributed by atoms with van der Waals surface area (Å²) in [6.07, 6.45) is 0.938. The summed E-state index contributed by atoms with van der Waals surface area (Å²) < 4.78 is 80.7. The average molecular weight is 415 g/mol. The molecule has 0 radical (unpaired) electrons. The molecule has 0 aliphatic heterocycles. The van der Waals surface area contributed by atoms with Gasteiger partial charge in [-0.25, -0.2) is 13.6 Å². The highest BCUT2D eigenvalue weighted by molar-refractivity contribution is 7.88. The summed E-state index contributed by atoms with van der Waals surface area (Å²) in [6, 6.07) is 3.09. The van der Waals surface area contributed by atoms with Crippen molar-refractivity contribution in [1.82, 2.24) is 0 Å². The van der Waals surface area contributed by atoms with Gasteiger partial charge in [0.2, 0.25) is 10.0 Å². The molecule has 6 N–H and O–H groups in total. The van der Waals surface area contributed by atoms with E-state index in [1.165, 1.54) is 0 Å². The predicted molar refractivity (Wildman–Crippen MR) is 85.9 cm³/mol. The molecule has 2 rings (SSSR count). The third-order valence-electron chi connectivity index (χ3n) is 2.55. The van der Waals surface area contributed by atoms with E-state index >= 15 is 0 Å². The second kappa shape index (κ2) is 6.74. The van der Waals surface area contributed by atoms with Crippen molar-refractivity contribution >= 4 is 41.0 Å². The van der Waals surface area contributed by atoms with Gasteiger partial charge in [-0.3, -0.25) is 9.11 Å². The van der Waals surface area contributed by atoms with Crippen molar-refractivity contribution in [3.8, 4) is 11.5 Å². The average Bonchev–Trinajstić information content (AvgIpc) is 2.33. The van der Waals surface area contributed by atoms with Gasteiger partial charge in [0.15, 0.2) is 0 Å². The number of benzene rings is 2. The van der Waals surface area contributed by atoms with Crippen LogP contribution in [0.2, 0.25) is 0 Å². The van der Waals surface area contributed by atoms with Crippen LogP contribution in [-0.2, 0) is 30.3 Å². The molecule has 0 aliphatic carbocycles. The van der Waals surface area contributed by atoms with Crippen LogP contribution < -0.4 is 5.14 Å². The van der Waals surface area contributed by atoms with Gasteiger partial charge in [0, 0.05) is 12.1 Å². The van der Waals surface area contributed by atoms with Crippen molar-refractivity contribution < 1.29 is 44.6 Å². The topological polar surface area (TPSA) is 209 Å². The Morgan fingerprint density at radius 2 is 1.04 bits per heavy atom. The van der Waals surface area contributed by atoms with E-state index in [0.717, 1.165) is 18.4 Å². The first kappa shape index (κ1) is 21.1. The molecule has 0 spiro atoms. The highest BCUT2D eigenvalue weighted by atomic mass is 32.2. The van der Waals surface area contributed by atoms with E-state index in [4.69, 9.17) is 9.11 Å². The van der Waals surface area contributed by atoms with Crippen LogP contribution in [0.25, 0.3) is 10.8 Å². The zero-order chi connectivity index (χ0) is 19.8. The van der Waals surface area contributed by atoms with E-state index in [1.807, 2.05) is 0 Å².